The van der Waals surface area contributed by atoms with Crippen molar-refractivity contribution < 1.29 is 0 Å². The van der Waals surface area contributed by atoms with E-state index in [9.17, 15) is 0 Å². The van der Waals surface area contributed by atoms with Gasteiger partial charge in [-0.1, -0.05) is 13.0 Å². The second-order valence-corrected chi connectivity index (χ2v) is 3.16. The van der Waals surface area contributed by atoms with Gasteiger partial charge in [0.15, 0.2) is 0 Å². The van der Waals surface area contributed by atoms with E-state index in [1.54, 1.807) is 0 Å². The molecule has 2 atom stereocenters. The third-order valence-corrected chi connectivity index (χ3v) is 2.24. The molecule has 0 aliphatic carbocycles. The molecule has 2 unspecified atom stereocenters. The smallest absolute Gasteiger partial charge is 0.0534 e. The average Bonchev–Trinajstić information content (AvgIpc) is 1.84. The van der Waals surface area contributed by atoms with Crippen LogP contribution in [0, 0.1) is 5.92 Å². The first-order valence-electron chi connectivity index (χ1n) is 3.84. The van der Waals surface area contributed by atoms with Gasteiger partial charge in [0.1, 0.15) is 0 Å². The van der Waals surface area contributed by atoms with Crippen molar-refractivity contribution in [2.45, 2.75) is 33.7 Å². The maximum atomic E-state index is 4.49. The molecule has 0 aromatic rings. The van der Waals surface area contributed by atoms with Crippen LogP contribution in [-0.4, -0.2) is 11.8 Å². The predicted molar refractivity (Wildman–Crippen MR) is 45.5 cm³/mol. The third-order valence-electron chi connectivity index (χ3n) is 2.24. The quantitative estimate of drug-likeness (QED) is 0.486. The van der Waals surface area contributed by atoms with Crippen molar-refractivity contribution in [1.29, 1.82) is 0 Å². The molecule has 0 fully saturated rings. The van der Waals surface area contributed by atoms with Crippen LogP contribution in [0.2, 0.25) is 0 Å². The van der Waals surface area contributed by atoms with Gasteiger partial charge in [0.2, 0.25) is 0 Å². The fourth-order valence-corrected chi connectivity index (χ4v) is 1.18. The number of nitrogens with zero attached hydrogens (tertiary/aromatic N) is 1. The highest BCUT2D eigenvalue weighted by molar-refractivity contribution is 5.98. The maximum Gasteiger partial charge on any atom is 0.0534 e. The van der Waals surface area contributed by atoms with E-state index >= 15 is 0 Å². The van der Waals surface area contributed by atoms with Gasteiger partial charge in [0.05, 0.1) is 6.04 Å². The van der Waals surface area contributed by atoms with E-state index in [2.05, 4.69) is 38.8 Å². The molecule has 0 radical (unpaired) electrons. The number of hydrogen-bond donors (Lipinski definition) is 0. The molecular formula is C9H15N. The zero-order valence-corrected chi connectivity index (χ0v) is 7.18. The first-order valence-corrected chi connectivity index (χ1v) is 3.84. The van der Waals surface area contributed by atoms with Crippen molar-refractivity contribution in [2.24, 2.45) is 10.9 Å². The van der Waals surface area contributed by atoms with E-state index in [0.717, 1.165) is 0 Å². The molecule has 0 amide bonds. The summed E-state index contributed by atoms with van der Waals surface area (Å²) in [6, 6.07) is 0.476. The van der Waals surface area contributed by atoms with Gasteiger partial charge < -0.3 is 0 Å². The van der Waals surface area contributed by atoms with Gasteiger partial charge in [0.25, 0.3) is 0 Å². The zero-order valence-electron chi connectivity index (χ0n) is 7.18. The minimum Gasteiger partial charge on any atom is -0.286 e. The first-order chi connectivity index (χ1) is 4.61. The fourth-order valence-electron chi connectivity index (χ4n) is 1.18. The van der Waals surface area contributed by atoms with E-state index < -0.39 is 0 Å². The molecule has 0 spiro atoms. The summed E-state index contributed by atoms with van der Waals surface area (Å²) in [5.74, 6) is 0.615. The summed E-state index contributed by atoms with van der Waals surface area (Å²) in [4.78, 5) is 4.49. The summed E-state index contributed by atoms with van der Waals surface area (Å²) in [6.07, 6.45) is 2.30. The van der Waals surface area contributed by atoms with E-state index in [1.807, 2.05) is 0 Å². The topological polar surface area (TPSA) is 12.4 Å². The van der Waals surface area contributed by atoms with Gasteiger partial charge >= 0.3 is 0 Å². The van der Waals surface area contributed by atoms with Crippen molar-refractivity contribution >= 4 is 5.71 Å². The summed E-state index contributed by atoms with van der Waals surface area (Å²) >= 11 is 0. The summed E-state index contributed by atoms with van der Waals surface area (Å²) in [5, 5.41) is 0. The molecule has 0 saturated carbocycles. The number of dihydropyridines is 1. The van der Waals surface area contributed by atoms with Crippen molar-refractivity contribution in [3.8, 4) is 0 Å². The van der Waals surface area contributed by atoms with Gasteiger partial charge in [0, 0.05) is 5.71 Å². The average molecular weight is 137 g/mol. The normalized spacial score (nSPS) is 33.2. The Balaban J connectivity index is 2.83. The molecule has 1 heterocycles. The van der Waals surface area contributed by atoms with Crippen molar-refractivity contribution in [2.75, 3.05) is 0 Å². The van der Waals surface area contributed by atoms with Gasteiger partial charge in [-0.15, -0.1) is 0 Å². The second kappa shape index (κ2) is 2.57. The highest BCUT2D eigenvalue weighted by Crippen LogP contribution is 2.17. The van der Waals surface area contributed by atoms with Crippen LogP contribution in [0.5, 0.6) is 0 Å². The molecular weight excluding hydrogens is 122 g/mol. The Morgan fingerprint density at radius 3 is 2.40 bits per heavy atom. The predicted octanol–water partition coefficient (Wildman–Crippen LogP) is 2.43. The SMILES string of the molecule is CC1=CC(C)C(C)N=C1C. The fraction of sp³-hybridized carbons (Fsp3) is 0.667. The molecule has 0 aromatic carbocycles. The van der Waals surface area contributed by atoms with Crippen molar-refractivity contribution in [3.05, 3.63) is 11.6 Å². The molecule has 1 aliphatic heterocycles. The number of rotatable bonds is 0. The largest absolute Gasteiger partial charge is 0.286 e. The second-order valence-electron chi connectivity index (χ2n) is 3.16. The van der Waals surface area contributed by atoms with Gasteiger partial charge in [-0.05, 0) is 32.3 Å². The minimum atomic E-state index is 0.476. The molecule has 1 heteroatoms. The van der Waals surface area contributed by atoms with Crippen LogP contribution in [0.15, 0.2) is 16.6 Å². The lowest BCUT2D eigenvalue weighted by atomic mass is 9.96. The van der Waals surface area contributed by atoms with Crippen LogP contribution in [0.25, 0.3) is 0 Å². The van der Waals surface area contributed by atoms with Crippen LogP contribution >= 0.6 is 0 Å². The lowest BCUT2D eigenvalue weighted by molar-refractivity contribution is 0.574. The minimum absolute atomic E-state index is 0.476. The molecule has 1 nitrogen and oxygen atoms in total. The number of allylic oxidation sites excluding steroid dienone is 1. The molecule has 0 saturated heterocycles. The standard InChI is InChI=1S/C9H15N/c1-6-5-7(2)9(4)10-8(6)3/h5-6,8H,1-4H3. The van der Waals surface area contributed by atoms with Gasteiger partial charge in [-0.3, -0.25) is 4.99 Å². The van der Waals surface area contributed by atoms with Crippen LogP contribution in [0.1, 0.15) is 27.7 Å². The van der Waals surface area contributed by atoms with Crippen LogP contribution in [0.3, 0.4) is 0 Å². The van der Waals surface area contributed by atoms with Gasteiger partial charge in [-0.25, -0.2) is 0 Å². The summed E-state index contributed by atoms with van der Waals surface area (Å²) in [5.41, 5.74) is 2.54. The molecule has 0 N–H and O–H groups in total. The Labute approximate surface area is 62.9 Å². The van der Waals surface area contributed by atoms with E-state index in [1.165, 1.54) is 11.3 Å². The Bertz CT molecular complexity index is 167. The summed E-state index contributed by atoms with van der Waals surface area (Å²) < 4.78 is 0. The Hall–Kier alpha value is -0.590. The molecule has 1 aliphatic rings. The Kier molecular flexibility index (Phi) is 1.93. The molecule has 10 heavy (non-hydrogen) atoms. The lowest BCUT2D eigenvalue weighted by Gasteiger charge is -2.19. The van der Waals surface area contributed by atoms with Gasteiger partial charge in [-0.2, -0.15) is 0 Å². The van der Waals surface area contributed by atoms with Crippen LogP contribution in [0.4, 0.5) is 0 Å². The highest BCUT2D eigenvalue weighted by Gasteiger charge is 2.13. The van der Waals surface area contributed by atoms with E-state index in [-0.39, 0.29) is 0 Å². The van der Waals surface area contributed by atoms with Crippen LogP contribution in [-0.2, 0) is 0 Å². The Morgan fingerprint density at radius 1 is 1.30 bits per heavy atom. The van der Waals surface area contributed by atoms with Crippen molar-refractivity contribution in [1.82, 2.24) is 0 Å². The third kappa shape index (κ3) is 1.28. The summed E-state index contributed by atoms with van der Waals surface area (Å²) in [7, 11) is 0. The summed E-state index contributed by atoms with van der Waals surface area (Å²) in [6.45, 7) is 8.58. The van der Waals surface area contributed by atoms with Crippen molar-refractivity contribution in [3.63, 3.8) is 0 Å². The van der Waals surface area contributed by atoms with Crippen LogP contribution < -0.4 is 0 Å². The highest BCUT2D eigenvalue weighted by atomic mass is 14.8. The number of hydrogen-bond acceptors (Lipinski definition) is 1. The molecule has 0 aromatic heterocycles. The lowest BCUT2D eigenvalue weighted by Crippen LogP contribution is -2.17. The molecule has 0 bridgehead atoms. The first kappa shape index (κ1) is 7.52. The maximum absolute atomic E-state index is 4.49. The molecule has 1 rings (SSSR count). The molecule has 56 valence electrons. The Morgan fingerprint density at radius 2 is 1.90 bits per heavy atom. The van der Waals surface area contributed by atoms with E-state index in [0.29, 0.717) is 12.0 Å². The number of aliphatic imine (C=N–C) groups is 1. The monoisotopic (exact) mass is 137 g/mol. The van der Waals surface area contributed by atoms with E-state index in [4.69, 9.17) is 0 Å². The zero-order chi connectivity index (χ0) is 7.72.